The maximum absolute atomic E-state index is 12.2. The Kier molecular flexibility index (Phi) is 6.71. The van der Waals surface area contributed by atoms with Crippen LogP contribution in [-0.2, 0) is 14.3 Å². The van der Waals surface area contributed by atoms with Gasteiger partial charge in [0.15, 0.2) is 6.61 Å². The molecule has 2 rings (SSSR count). The molecule has 0 saturated heterocycles. The lowest BCUT2D eigenvalue weighted by atomic mass is 10.2. The number of hydrogen-bond donors (Lipinski definition) is 1. The number of rotatable bonds is 7. The van der Waals surface area contributed by atoms with Gasteiger partial charge in [-0.15, -0.1) is 0 Å². The first kappa shape index (κ1) is 18.2. The lowest BCUT2D eigenvalue weighted by molar-refractivity contribution is -0.146. The molecule has 2 amide bonds. The van der Waals surface area contributed by atoms with Crippen molar-refractivity contribution < 1.29 is 19.1 Å². The summed E-state index contributed by atoms with van der Waals surface area (Å²) in [5.74, 6) is -1.36. The number of anilines is 1. The number of nitrogens with one attached hydrogen (secondary N) is 1. The normalized spacial score (nSPS) is 9.96. The monoisotopic (exact) mass is 340 g/mol. The van der Waals surface area contributed by atoms with Crippen LogP contribution < -0.4 is 10.2 Å². The van der Waals surface area contributed by atoms with E-state index in [0.717, 1.165) is 5.69 Å². The summed E-state index contributed by atoms with van der Waals surface area (Å²) < 4.78 is 4.95. The molecule has 6 heteroatoms. The van der Waals surface area contributed by atoms with Crippen LogP contribution in [-0.4, -0.2) is 37.5 Å². The lowest BCUT2D eigenvalue weighted by Gasteiger charge is -2.20. The summed E-state index contributed by atoms with van der Waals surface area (Å²) in [6.07, 6.45) is 0. The summed E-state index contributed by atoms with van der Waals surface area (Å²) in [4.78, 5) is 37.3. The van der Waals surface area contributed by atoms with E-state index in [9.17, 15) is 14.4 Å². The molecule has 25 heavy (non-hydrogen) atoms. The Balaban J connectivity index is 1.79. The predicted octanol–water partition coefficient (Wildman–Crippen LogP) is 2.01. The third-order valence-corrected chi connectivity index (χ3v) is 3.47. The zero-order valence-corrected chi connectivity index (χ0v) is 14.0. The van der Waals surface area contributed by atoms with Crippen LogP contribution in [0.3, 0.4) is 0 Å². The zero-order valence-electron chi connectivity index (χ0n) is 14.0. The van der Waals surface area contributed by atoms with Crippen LogP contribution in [0.4, 0.5) is 5.69 Å². The molecule has 2 aromatic carbocycles. The number of likely N-dealkylation sites (N-methyl/N-ethyl adjacent to an activating group) is 1. The molecular formula is C19H20N2O4. The van der Waals surface area contributed by atoms with Gasteiger partial charge in [0.1, 0.15) is 6.54 Å². The van der Waals surface area contributed by atoms with Gasteiger partial charge in [-0.05, 0) is 31.2 Å². The fourth-order valence-corrected chi connectivity index (χ4v) is 2.23. The van der Waals surface area contributed by atoms with E-state index < -0.39 is 5.97 Å². The summed E-state index contributed by atoms with van der Waals surface area (Å²) >= 11 is 0. The van der Waals surface area contributed by atoms with Crippen molar-refractivity contribution in [3.8, 4) is 0 Å². The molecule has 0 atom stereocenters. The van der Waals surface area contributed by atoms with E-state index >= 15 is 0 Å². The topological polar surface area (TPSA) is 75.7 Å². The van der Waals surface area contributed by atoms with Gasteiger partial charge in [-0.2, -0.15) is 0 Å². The molecule has 0 aliphatic heterocycles. The highest BCUT2D eigenvalue weighted by atomic mass is 16.5. The highest BCUT2D eigenvalue weighted by Gasteiger charge is 2.16. The zero-order chi connectivity index (χ0) is 18.1. The molecule has 1 N–H and O–H groups in total. The van der Waals surface area contributed by atoms with E-state index in [1.807, 2.05) is 37.3 Å². The molecule has 0 bridgehead atoms. The van der Waals surface area contributed by atoms with Crippen LogP contribution in [0, 0.1) is 0 Å². The van der Waals surface area contributed by atoms with Gasteiger partial charge >= 0.3 is 5.97 Å². The average Bonchev–Trinajstić information content (AvgIpc) is 2.66. The fraction of sp³-hybridized carbons (Fsp3) is 0.211. The van der Waals surface area contributed by atoms with Gasteiger partial charge in [0.2, 0.25) is 0 Å². The Morgan fingerprint density at radius 2 is 1.56 bits per heavy atom. The Morgan fingerprint density at radius 1 is 0.960 bits per heavy atom. The lowest BCUT2D eigenvalue weighted by Crippen LogP contribution is -2.36. The van der Waals surface area contributed by atoms with Gasteiger partial charge in [0, 0.05) is 17.8 Å². The first-order valence-corrected chi connectivity index (χ1v) is 7.96. The first-order chi connectivity index (χ1) is 12.1. The molecule has 0 unspecified atom stereocenters. The van der Waals surface area contributed by atoms with Crippen LogP contribution >= 0.6 is 0 Å². The minimum Gasteiger partial charge on any atom is -0.454 e. The third-order valence-electron chi connectivity index (χ3n) is 3.47. The number of nitrogens with zero attached hydrogens (tertiary/aromatic N) is 1. The van der Waals surface area contributed by atoms with E-state index in [1.54, 1.807) is 30.3 Å². The van der Waals surface area contributed by atoms with E-state index in [1.165, 1.54) is 4.90 Å². The van der Waals surface area contributed by atoms with Gasteiger partial charge in [-0.3, -0.25) is 14.4 Å². The molecule has 0 fully saturated rings. The van der Waals surface area contributed by atoms with Crippen molar-refractivity contribution in [1.82, 2.24) is 5.32 Å². The minimum atomic E-state index is -0.665. The van der Waals surface area contributed by atoms with Crippen LogP contribution in [0.25, 0.3) is 0 Å². The number of benzene rings is 2. The maximum atomic E-state index is 12.2. The van der Waals surface area contributed by atoms with Crippen LogP contribution in [0.1, 0.15) is 17.3 Å². The maximum Gasteiger partial charge on any atom is 0.325 e. The van der Waals surface area contributed by atoms with Gasteiger partial charge in [-0.1, -0.05) is 36.4 Å². The summed E-state index contributed by atoms with van der Waals surface area (Å²) in [5.41, 5.74) is 1.19. The van der Waals surface area contributed by atoms with E-state index in [4.69, 9.17) is 4.74 Å². The van der Waals surface area contributed by atoms with Gasteiger partial charge in [-0.25, -0.2) is 0 Å². The molecule has 0 spiro atoms. The number of hydrogen-bond acceptors (Lipinski definition) is 4. The quantitative estimate of drug-likeness (QED) is 0.783. The molecule has 0 radical (unpaired) electrons. The van der Waals surface area contributed by atoms with Crippen LogP contribution in [0.15, 0.2) is 60.7 Å². The second-order valence-electron chi connectivity index (χ2n) is 5.18. The molecule has 0 aliphatic rings. The second kappa shape index (κ2) is 9.22. The number of para-hydroxylation sites is 1. The van der Waals surface area contributed by atoms with Crippen molar-refractivity contribution in [2.75, 3.05) is 24.6 Å². The highest BCUT2D eigenvalue weighted by Crippen LogP contribution is 2.12. The van der Waals surface area contributed by atoms with Crippen molar-refractivity contribution in [2.45, 2.75) is 6.92 Å². The summed E-state index contributed by atoms with van der Waals surface area (Å²) in [5, 5.41) is 2.46. The molecule has 0 saturated carbocycles. The molecule has 6 nitrogen and oxygen atoms in total. The van der Waals surface area contributed by atoms with Crippen LogP contribution in [0.2, 0.25) is 0 Å². The van der Waals surface area contributed by atoms with Crippen LogP contribution in [0.5, 0.6) is 0 Å². The molecule has 0 aromatic heterocycles. The number of carbonyl (C=O) groups excluding carboxylic acids is 3. The number of esters is 1. The Morgan fingerprint density at radius 3 is 2.16 bits per heavy atom. The summed E-state index contributed by atoms with van der Waals surface area (Å²) in [6.45, 7) is 1.64. The van der Waals surface area contributed by atoms with Gasteiger partial charge < -0.3 is 15.0 Å². The SMILES string of the molecule is CCN(C(=O)COC(=O)CNC(=O)c1ccccc1)c1ccccc1. The molecule has 0 heterocycles. The predicted molar refractivity (Wildman–Crippen MR) is 94.2 cm³/mol. The first-order valence-electron chi connectivity index (χ1n) is 7.96. The average molecular weight is 340 g/mol. The number of carbonyl (C=O) groups is 3. The Labute approximate surface area is 146 Å². The molecule has 0 aliphatic carbocycles. The fourth-order valence-electron chi connectivity index (χ4n) is 2.23. The van der Waals surface area contributed by atoms with Crippen molar-refractivity contribution in [2.24, 2.45) is 0 Å². The Bertz CT molecular complexity index is 717. The molecule has 130 valence electrons. The van der Waals surface area contributed by atoms with Gasteiger partial charge in [0.05, 0.1) is 0 Å². The minimum absolute atomic E-state index is 0.293. The standard InChI is InChI=1S/C19H20N2O4/c1-2-21(16-11-7-4-8-12-16)17(22)14-25-18(23)13-20-19(24)15-9-5-3-6-10-15/h3-12H,2,13-14H2,1H3,(H,20,24). The molecule has 2 aromatic rings. The van der Waals surface area contributed by atoms with E-state index in [-0.39, 0.29) is 25.0 Å². The van der Waals surface area contributed by atoms with Crippen molar-refractivity contribution >= 4 is 23.5 Å². The second-order valence-corrected chi connectivity index (χ2v) is 5.18. The largest absolute Gasteiger partial charge is 0.454 e. The number of amides is 2. The van der Waals surface area contributed by atoms with E-state index in [2.05, 4.69) is 5.32 Å². The van der Waals surface area contributed by atoms with E-state index in [0.29, 0.717) is 12.1 Å². The van der Waals surface area contributed by atoms with Crippen molar-refractivity contribution in [3.05, 3.63) is 66.2 Å². The highest BCUT2D eigenvalue weighted by molar-refractivity contribution is 5.97. The number of ether oxygens (including phenoxy) is 1. The van der Waals surface area contributed by atoms with Crippen molar-refractivity contribution in [3.63, 3.8) is 0 Å². The summed E-state index contributed by atoms with van der Waals surface area (Å²) in [6, 6.07) is 17.7. The van der Waals surface area contributed by atoms with Crippen molar-refractivity contribution in [1.29, 1.82) is 0 Å². The summed E-state index contributed by atoms with van der Waals surface area (Å²) in [7, 11) is 0. The molecular weight excluding hydrogens is 320 g/mol. The smallest absolute Gasteiger partial charge is 0.325 e. The Hall–Kier alpha value is -3.15. The third kappa shape index (κ3) is 5.46. The van der Waals surface area contributed by atoms with Gasteiger partial charge in [0.25, 0.3) is 11.8 Å².